The molecule has 1 saturated heterocycles. The second kappa shape index (κ2) is 6.44. The van der Waals surface area contributed by atoms with Gasteiger partial charge in [0.15, 0.2) is 0 Å². The predicted octanol–water partition coefficient (Wildman–Crippen LogP) is 2.38. The predicted molar refractivity (Wildman–Crippen MR) is 81.5 cm³/mol. The van der Waals surface area contributed by atoms with Crippen molar-refractivity contribution in [3.8, 4) is 0 Å². The number of aliphatic hydroxyl groups excluding tert-OH is 1. The molecule has 6 nitrogen and oxygen atoms in total. The fraction of sp³-hybridized carbons (Fsp3) is 0.429. The van der Waals surface area contributed by atoms with Gasteiger partial charge in [0.05, 0.1) is 17.4 Å². The molecule has 0 aliphatic carbocycles. The molecule has 1 aromatic rings. The number of urea groups is 1. The molecule has 1 aromatic carbocycles. The minimum Gasteiger partial charge on any atom is -0.478 e. The van der Waals surface area contributed by atoms with E-state index < -0.39 is 12.1 Å². The number of amides is 2. The number of carbonyl (C=O) groups excluding carboxylic acids is 1. The van der Waals surface area contributed by atoms with E-state index in [-0.39, 0.29) is 23.2 Å². The van der Waals surface area contributed by atoms with Crippen LogP contribution < -0.4 is 5.32 Å². The number of carbonyl (C=O) groups is 2. The molecule has 2 unspecified atom stereocenters. The van der Waals surface area contributed by atoms with Crippen LogP contribution in [0.2, 0.25) is 0 Å². The fourth-order valence-corrected chi connectivity index (χ4v) is 2.68. The molecule has 1 aliphatic heterocycles. The van der Waals surface area contributed by atoms with Crippen molar-refractivity contribution in [1.29, 1.82) is 0 Å². The van der Waals surface area contributed by atoms with E-state index in [0.717, 1.165) is 0 Å². The highest BCUT2D eigenvalue weighted by Crippen LogP contribution is 2.23. The molecule has 114 valence electrons. The maximum absolute atomic E-state index is 12.2. The van der Waals surface area contributed by atoms with Gasteiger partial charge in [-0.05, 0) is 30.5 Å². The number of carboxylic acids is 1. The van der Waals surface area contributed by atoms with Crippen LogP contribution in [0.25, 0.3) is 0 Å². The van der Waals surface area contributed by atoms with E-state index in [1.165, 1.54) is 6.07 Å². The quantitative estimate of drug-likeness (QED) is 0.758. The summed E-state index contributed by atoms with van der Waals surface area (Å²) in [7, 11) is 0. The number of aliphatic hydroxyl groups is 1. The standard InChI is InChI=1S/C14H17BrN2O4/c1-8-7-17(5-4-12(8)18)14(21)16-11-3-2-9(15)6-10(11)13(19)20/h2-3,6,8,12,18H,4-5,7H2,1H3,(H,16,21)(H,19,20). The van der Waals surface area contributed by atoms with Crippen LogP contribution >= 0.6 is 15.9 Å². The van der Waals surface area contributed by atoms with E-state index in [0.29, 0.717) is 24.0 Å². The third-order valence-corrected chi connectivity index (χ3v) is 4.09. The number of piperidine rings is 1. The molecule has 3 N–H and O–H groups in total. The number of hydrogen-bond acceptors (Lipinski definition) is 3. The van der Waals surface area contributed by atoms with E-state index in [4.69, 9.17) is 0 Å². The second-order valence-electron chi connectivity index (χ2n) is 5.20. The number of likely N-dealkylation sites (tertiary alicyclic amines) is 1. The molecule has 7 heteroatoms. The summed E-state index contributed by atoms with van der Waals surface area (Å²) >= 11 is 3.21. The van der Waals surface area contributed by atoms with Crippen molar-refractivity contribution in [2.24, 2.45) is 5.92 Å². The number of hydrogen-bond donors (Lipinski definition) is 3. The summed E-state index contributed by atoms with van der Waals surface area (Å²) in [5.41, 5.74) is 0.289. The first kappa shape index (κ1) is 15.8. The van der Waals surface area contributed by atoms with Gasteiger partial charge in [0.1, 0.15) is 0 Å². The highest BCUT2D eigenvalue weighted by molar-refractivity contribution is 9.10. The zero-order valence-corrected chi connectivity index (χ0v) is 13.1. The van der Waals surface area contributed by atoms with Crippen LogP contribution in [0.5, 0.6) is 0 Å². The zero-order valence-electron chi connectivity index (χ0n) is 11.5. The zero-order chi connectivity index (χ0) is 15.6. The number of nitrogens with zero attached hydrogens (tertiary/aromatic N) is 1. The van der Waals surface area contributed by atoms with Gasteiger partial charge in [-0.1, -0.05) is 22.9 Å². The lowest BCUT2D eigenvalue weighted by atomic mass is 9.97. The molecule has 1 fully saturated rings. The molecule has 2 rings (SSSR count). The Morgan fingerprint density at radius 2 is 2.14 bits per heavy atom. The summed E-state index contributed by atoms with van der Waals surface area (Å²) in [5, 5.41) is 21.5. The number of aromatic carboxylic acids is 1. The van der Waals surface area contributed by atoms with Gasteiger partial charge in [-0.15, -0.1) is 0 Å². The maximum Gasteiger partial charge on any atom is 0.337 e. The third kappa shape index (κ3) is 3.74. The molecule has 0 radical (unpaired) electrons. The van der Waals surface area contributed by atoms with Crippen molar-refractivity contribution in [3.63, 3.8) is 0 Å². The lowest BCUT2D eigenvalue weighted by Crippen LogP contribution is -2.46. The lowest BCUT2D eigenvalue weighted by Gasteiger charge is -2.34. The van der Waals surface area contributed by atoms with E-state index in [2.05, 4.69) is 21.2 Å². The number of anilines is 1. The van der Waals surface area contributed by atoms with Crippen molar-refractivity contribution < 1.29 is 19.8 Å². The molecule has 0 saturated carbocycles. The van der Waals surface area contributed by atoms with Crippen LogP contribution in [0.15, 0.2) is 22.7 Å². The Kier molecular flexibility index (Phi) is 4.84. The SMILES string of the molecule is CC1CN(C(=O)Nc2ccc(Br)cc2C(=O)O)CCC1O. The molecule has 2 atom stereocenters. The van der Waals surface area contributed by atoms with Gasteiger partial charge in [0, 0.05) is 17.6 Å². The number of rotatable bonds is 2. The molecular weight excluding hydrogens is 340 g/mol. The smallest absolute Gasteiger partial charge is 0.337 e. The number of nitrogens with one attached hydrogen (secondary N) is 1. The largest absolute Gasteiger partial charge is 0.478 e. The Morgan fingerprint density at radius 3 is 2.76 bits per heavy atom. The molecule has 0 bridgehead atoms. The van der Waals surface area contributed by atoms with Crippen LogP contribution in [-0.2, 0) is 0 Å². The highest BCUT2D eigenvalue weighted by atomic mass is 79.9. The molecule has 2 amide bonds. The Bertz CT molecular complexity index is 564. The number of benzene rings is 1. The van der Waals surface area contributed by atoms with Gasteiger partial charge in [0.2, 0.25) is 0 Å². The Balaban J connectivity index is 2.11. The summed E-state index contributed by atoms with van der Waals surface area (Å²) in [4.78, 5) is 25.0. The Morgan fingerprint density at radius 1 is 1.43 bits per heavy atom. The van der Waals surface area contributed by atoms with Gasteiger partial charge in [-0.25, -0.2) is 9.59 Å². The van der Waals surface area contributed by atoms with Gasteiger partial charge >= 0.3 is 12.0 Å². The van der Waals surface area contributed by atoms with Crippen molar-refractivity contribution in [2.75, 3.05) is 18.4 Å². The average Bonchev–Trinajstić information content (AvgIpc) is 2.43. The van der Waals surface area contributed by atoms with E-state index in [1.807, 2.05) is 6.92 Å². The van der Waals surface area contributed by atoms with Crippen molar-refractivity contribution in [1.82, 2.24) is 4.90 Å². The third-order valence-electron chi connectivity index (χ3n) is 3.60. The first-order chi connectivity index (χ1) is 9.88. The topological polar surface area (TPSA) is 89.9 Å². The average molecular weight is 357 g/mol. The van der Waals surface area contributed by atoms with Crippen molar-refractivity contribution in [2.45, 2.75) is 19.4 Å². The first-order valence-electron chi connectivity index (χ1n) is 6.65. The van der Waals surface area contributed by atoms with Crippen LogP contribution in [0.4, 0.5) is 10.5 Å². The van der Waals surface area contributed by atoms with E-state index in [9.17, 15) is 19.8 Å². The van der Waals surface area contributed by atoms with Crippen LogP contribution in [-0.4, -0.2) is 46.3 Å². The highest BCUT2D eigenvalue weighted by Gasteiger charge is 2.27. The van der Waals surface area contributed by atoms with Gasteiger partial charge < -0.3 is 20.4 Å². The lowest BCUT2D eigenvalue weighted by molar-refractivity contribution is 0.0506. The van der Waals surface area contributed by atoms with Gasteiger partial charge in [-0.2, -0.15) is 0 Å². The normalized spacial score (nSPS) is 22.0. The minimum atomic E-state index is -1.10. The van der Waals surface area contributed by atoms with E-state index >= 15 is 0 Å². The van der Waals surface area contributed by atoms with Crippen molar-refractivity contribution >= 4 is 33.6 Å². The van der Waals surface area contributed by atoms with E-state index in [1.54, 1.807) is 17.0 Å². The molecule has 21 heavy (non-hydrogen) atoms. The summed E-state index contributed by atoms with van der Waals surface area (Å²) in [6, 6.07) is 4.32. The molecule has 1 aliphatic rings. The van der Waals surface area contributed by atoms with Crippen LogP contribution in [0.1, 0.15) is 23.7 Å². The summed E-state index contributed by atoms with van der Waals surface area (Å²) in [6.07, 6.45) is 0.136. The maximum atomic E-state index is 12.2. The molecule has 0 aromatic heterocycles. The number of carboxylic acid groups (broad SMARTS) is 1. The summed E-state index contributed by atoms with van der Waals surface area (Å²) < 4.78 is 0.632. The second-order valence-corrected chi connectivity index (χ2v) is 6.12. The van der Waals surface area contributed by atoms with Crippen LogP contribution in [0, 0.1) is 5.92 Å². The molecule has 0 spiro atoms. The monoisotopic (exact) mass is 356 g/mol. The van der Waals surface area contributed by atoms with Crippen molar-refractivity contribution in [3.05, 3.63) is 28.2 Å². The molecular formula is C14H17BrN2O4. The summed E-state index contributed by atoms with van der Waals surface area (Å²) in [5.74, 6) is -1.10. The molecule has 1 heterocycles. The Labute approximate surface area is 130 Å². The number of halogens is 1. The van der Waals surface area contributed by atoms with Gasteiger partial charge in [-0.3, -0.25) is 0 Å². The van der Waals surface area contributed by atoms with Crippen LogP contribution in [0.3, 0.4) is 0 Å². The fourth-order valence-electron chi connectivity index (χ4n) is 2.31. The first-order valence-corrected chi connectivity index (χ1v) is 7.44. The Hall–Kier alpha value is -1.60. The summed E-state index contributed by atoms with van der Waals surface area (Å²) in [6.45, 7) is 2.79. The van der Waals surface area contributed by atoms with Gasteiger partial charge in [0.25, 0.3) is 0 Å². The minimum absolute atomic E-state index is 0.00774.